The lowest BCUT2D eigenvalue weighted by Gasteiger charge is -2.07. The maximum atomic E-state index is 12.3. The Morgan fingerprint density at radius 2 is 1.93 bits per heavy atom. The molecular formula is C22H16Cl2N2O3S. The van der Waals surface area contributed by atoms with Crippen LogP contribution in [0.5, 0.6) is 5.75 Å². The third-order valence-electron chi connectivity index (χ3n) is 4.23. The minimum absolute atomic E-state index is 0.240. The molecule has 0 fully saturated rings. The van der Waals surface area contributed by atoms with E-state index in [0.717, 1.165) is 21.9 Å². The van der Waals surface area contributed by atoms with E-state index in [-0.39, 0.29) is 5.91 Å². The SMILES string of the molecule is O=C(NCc1ccco1)c1csc(-c2ccc(OCc3ccc(Cl)c(Cl)c3)cc2)n1. The van der Waals surface area contributed by atoms with Crippen molar-refractivity contribution in [1.82, 2.24) is 10.3 Å². The van der Waals surface area contributed by atoms with Crippen LogP contribution in [0.4, 0.5) is 0 Å². The van der Waals surface area contributed by atoms with E-state index in [2.05, 4.69) is 10.3 Å². The molecule has 0 saturated carbocycles. The minimum Gasteiger partial charge on any atom is -0.489 e. The molecule has 2 aromatic heterocycles. The number of amides is 1. The topological polar surface area (TPSA) is 64.4 Å². The Labute approximate surface area is 187 Å². The summed E-state index contributed by atoms with van der Waals surface area (Å²) in [6.45, 7) is 0.705. The molecule has 0 aliphatic heterocycles. The first-order valence-electron chi connectivity index (χ1n) is 9.02. The van der Waals surface area contributed by atoms with E-state index in [4.69, 9.17) is 32.4 Å². The molecule has 0 aliphatic rings. The van der Waals surface area contributed by atoms with Gasteiger partial charge in [0.1, 0.15) is 28.8 Å². The van der Waals surface area contributed by atoms with E-state index in [9.17, 15) is 4.79 Å². The van der Waals surface area contributed by atoms with Crippen LogP contribution in [0.25, 0.3) is 10.6 Å². The zero-order valence-electron chi connectivity index (χ0n) is 15.6. The average molecular weight is 459 g/mol. The Morgan fingerprint density at radius 1 is 1.10 bits per heavy atom. The first kappa shape index (κ1) is 20.5. The van der Waals surface area contributed by atoms with Crippen LogP contribution >= 0.6 is 34.5 Å². The largest absolute Gasteiger partial charge is 0.489 e. The molecule has 0 spiro atoms. The predicted octanol–water partition coefficient (Wildman–Crippen LogP) is 6.22. The highest BCUT2D eigenvalue weighted by molar-refractivity contribution is 7.13. The molecule has 0 aliphatic carbocycles. The average Bonchev–Trinajstić information content (AvgIpc) is 3.46. The first-order chi connectivity index (χ1) is 14.6. The van der Waals surface area contributed by atoms with Gasteiger partial charge in [-0.1, -0.05) is 29.3 Å². The number of furan rings is 1. The zero-order chi connectivity index (χ0) is 20.9. The molecule has 152 valence electrons. The Morgan fingerprint density at radius 3 is 2.67 bits per heavy atom. The quantitative estimate of drug-likeness (QED) is 0.357. The summed E-state index contributed by atoms with van der Waals surface area (Å²) < 4.78 is 11.0. The van der Waals surface area contributed by atoms with Crippen molar-refractivity contribution >= 4 is 40.4 Å². The van der Waals surface area contributed by atoms with Crippen LogP contribution in [0.2, 0.25) is 10.0 Å². The second-order valence-electron chi connectivity index (χ2n) is 6.36. The molecule has 8 heteroatoms. The van der Waals surface area contributed by atoms with Crippen LogP contribution in [-0.2, 0) is 13.2 Å². The number of aromatic nitrogens is 1. The molecule has 30 heavy (non-hydrogen) atoms. The third-order valence-corrected chi connectivity index (χ3v) is 5.86. The number of thiazole rings is 1. The summed E-state index contributed by atoms with van der Waals surface area (Å²) in [7, 11) is 0. The summed E-state index contributed by atoms with van der Waals surface area (Å²) in [5.41, 5.74) is 2.21. The molecule has 0 unspecified atom stereocenters. The van der Waals surface area contributed by atoms with Crippen molar-refractivity contribution < 1.29 is 13.9 Å². The Bertz CT molecular complexity index is 1140. The van der Waals surface area contributed by atoms with Gasteiger partial charge in [0, 0.05) is 10.9 Å². The Hall–Kier alpha value is -2.80. The molecule has 0 atom stereocenters. The van der Waals surface area contributed by atoms with Crippen LogP contribution in [0.1, 0.15) is 21.8 Å². The van der Waals surface area contributed by atoms with Crippen LogP contribution in [0.15, 0.2) is 70.7 Å². The van der Waals surface area contributed by atoms with Gasteiger partial charge in [-0.25, -0.2) is 4.98 Å². The number of halogens is 2. The Kier molecular flexibility index (Phi) is 6.38. The van der Waals surface area contributed by atoms with E-state index in [1.165, 1.54) is 11.3 Å². The molecule has 2 aromatic carbocycles. The summed E-state index contributed by atoms with van der Waals surface area (Å²) in [6.07, 6.45) is 1.57. The van der Waals surface area contributed by atoms with Crippen molar-refractivity contribution in [2.75, 3.05) is 0 Å². The molecule has 4 aromatic rings. The van der Waals surface area contributed by atoms with Crippen molar-refractivity contribution in [2.24, 2.45) is 0 Å². The maximum Gasteiger partial charge on any atom is 0.271 e. The molecule has 5 nitrogen and oxygen atoms in total. The van der Waals surface area contributed by atoms with Gasteiger partial charge in [0.05, 0.1) is 22.9 Å². The lowest BCUT2D eigenvalue weighted by molar-refractivity contribution is 0.0944. The normalized spacial score (nSPS) is 10.7. The number of hydrogen-bond acceptors (Lipinski definition) is 5. The van der Waals surface area contributed by atoms with Gasteiger partial charge in [-0.3, -0.25) is 4.79 Å². The number of nitrogens with zero attached hydrogens (tertiary/aromatic N) is 1. The second-order valence-corrected chi connectivity index (χ2v) is 8.03. The van der Waals surface area contributed by atoms with Gasteiger partial charge in [0.25, 0.3) is 5.91 Å². The van der Waals surface area contributed by atoms with Gasteiger partial charge in [-0.2, -0.15) is 0 Å². The predicted molar refractivity (Wildman–Crippen MR) is 118 cm³/mol. The van der Waals surface area contributed by atoms with Crippen molar-refractivity contribution in [3.8, 4) is 16.3 Å². The maximum absolute atomic E-state index is 12.3. The van der Waals surface area contributed by atoms with Crippen molar-refractivity contribution in [3.05, 3.63) is 93.3 Å². The van der Waals surface area contributed by atoms with Gasteiger partial charge in [-0.15, -0.1) is 11.3 Å². The van der Waals surface area contributed by atoms with Crippen LogP contribution in [0.3, 0.4) is 0 Å². The van der Waals surface area contributed by atoms with Gasteiger partial charge in [0.15, 0.2) is 0 Å². The summed E-state index contributed by atoms with van der Waals surface area (Å²) in [5.74, 6) is 1.17. The fourth-order valence-electron chi connectivity index (χ4n) is 2.67. The number of carbonyl (C=O) groups excluding carboxylic acids is 1. The molecule has 4 rings (SSSR count). The van der Waals surface area contributed by atoms with E-state index in [1.54, 1.807) is 35.9 Å². The van der Waals surface area contributed by atoms with Gasteiger partial charge < -0.3 is 14.5 Å². The van der Waals surface area contributed by atoms with E-state index in [1.807, 2.05) is 30.3 Å². The first-order valence-corrected chi connectivity index (χ1v) is 10.7. The third kappa shape index (κ3) is 5.02. The number of nitrogens with one attached hydrogen (secondary N) is 1. The smallest absolute Gasteiger partial charge is 0.271 e. The lowest BCUT2D eigenvalue weighted by Crippen LogP contribution is -2.22. The highest BCUT2D eigenvalue weighted by Gasteiger charge is 2.12. The van der Waals surface area contributed by atoms with E-state index >= 15 is 0 Å². The number of rotatable bonds is 7. The summed E-state index contributed by atoms with van der Waals surface area (Å²) >= 11 is 13.4. The molecule has 0 saturated heterocycles. The molecule has 1 amide bonds. The highest BCUT2D eigenvalue weighted by atomic mass is 35.5. The standard InChI is InChI=1S/C22H16Cl2N2O3S/c23-18-8-3-14(10-19(18)24)12-29-16-6-4-15(5-7-16)22-26-20(13-30-22)21(27)25-11-17-2-1-9-28-17/h1-10,13H,11-12H2,(H,25,27). The molecule has 0 radical (unpaired) electrons. The summed E-state index contributed by atoms with van der Waals surface area (Å²) in [6, 6.07) is 16.5. The molecule has 2 heterocycles. The van der Waals surface area contributed by atoms with Crippen LogP contribution < -0.4 is 10.1 Å². The Balaban J connectivity index is 1.35. The fraction of sp³-hybridized carbons (Fsp3) is 0.0909. The van der Waals surface area contributed by atoms with Gasteiger partial charge in [0.2, 0.25) is 0 Å². The fourth-order valence-corrected chi connectivity index (χ4v) is 3.80. The van der Waals surface area contributed by atoms with Crippen LogP contribution in [-0.4, -0.2) is 10.9 Å². The number of ether oxygens (including phenoxy) is 1. The summed E-state index contributed by atoms with van der Waals surface area (Å²) in [5, 5.41) is 6.30. The summed E-state index contributed by atoms with van der Waals surface area (Å²) in [4.78, 5) is 16.7. The van der Waals surface area contributed by atoms with E-state index in [0.29, 0.717) is 34.7 Å². The monoisotopic (exact) mass is 458 g/mol. The van der Waals surface area contributed by atoms with Gasteiger partial charge in [-0.05, 0) is 54.1 Å². The second kappa shape index (κ2) is 9.34. The molecule has 1 N–H and O–H groups in total. The molecule has 0 bridgehead atoms. The van der Waals surface area contributed by atoms with Crippen molar-refractivity contribution in [3.63, 3.8) is 0 Å². The van der Waals surface area contributed by atoms with Crippen molar-refractivity contribution in [2.45, 2.75) is 13.2 Å². The number of benzene rings is 2. The van der Waals surface area contributed by atoms with Crippen LogP contribution in [0, 0.1) is 0 Å². The highest BCUT2D eigenvalue weighted by Crippen LogP contribution is 2.27. The molecular weight excluding hydrogens is 443 g/mol. The minimum atomic E-state index is -0.240. The van der Waals surface area contributed by atoms with Crippen molar-refractivity contribution in [1.29, 1.82) is 0 Å². The van der Waals surface area contributed by atoms with E-state index < -0.39 is 0 Å². The lowest BCUT2D eigenvalue weighted by atomic mass is 10.2. The number of hydrogen-bond donors (Lipinski definition) is 1. The zero-order valence-corrected chi connectivity index (χ0v) is 17.9. The number of carbonyl (C=O) groups is 1. The van der Waals surface area contributed by atoms with Gasteiger partial charge >= 0.3 is 0 Å².